The number of rotatable bonds is 9. The predicted molar refractivity (Wildman–Crippen MR) is 77.2 cm³/mol. The molecular weight excluding hydrogens is 262 g/mol. The highest BCUT2D eigenvalue weighted by Gasteiger charge is 2.19. The molecule has 1 rings (SSSR count). The minimum Gasteiger partial charge on any atom is -0.385 e. The second-order valence-corrected chi connectivity index (χ2v) is 5.28. The smallest absolute Gasteiger partial charge is 0.236 e. The van der Waals surface area contributed by atoms with Crippen LogP contribution in [-0.4, -0.2) is 37.2 Å². The third-order valence-corrected chi connectivity index (χ3v) is 3.72. The molecule has 0 aliphatic carbocycles. The van der Waals surface area contributed by atoms with Crippen molar-refractivity contribution in [3.8, 4) is 0 Å². The lowest BCUT2D eigenvalue weighted by Crippen LogP contribution is -2.44. The van der Waals surface area contributed by atoms with Gasteiger partial charge in [0.25, 0.3) is 0 Å². The highest BCUT2D eigenvalue weighted by Crippen LogP contribution is 2.19. The Morgan fingerprint density at radius 3 is 2.95 bits per heavy atom. The van der Waals surface area contributed by atoms with E-state index >= 15 is 0 Å². The molecular formula is C13H23N3O2S. The number of nitrogens with zero attached hydrogens (tertiary/aromatic N) is 1. The number of amides is 1. The molecule has 108 valence electrons. The summed E-state index contributed by atoms with van der Waals surface area (Å²) in [7, 11) is 1.66. The topological polar surface area (TPSA) is 63.2 Å². The van der Waals surface area contributed by atoms with Crippen LogP contribution in [0.3, 0.4) is 0 Å². The molecule has 1 aromatic heterocycles. The number of carbonyl (C=O) groups is 1. The Morgan fingerprint density at radius 2 is 2.37 bits per heavy atom. The van der Waals surface area contributed by atoms with Gasteiger partial charge in [-0.2, -0.15) is 0 Å². The van der Waals surface area contributed by atoms with Crippen molar-refractivity contribution in [2.75, 3.05) is 20.3 Å². The molecule has 1 amide bonds. The molecule has 0 radical (unpaired) electrons. The van der Waals surface area contributed by atoms with Crippen LogP contribution in [0.25, 0.3) is 0 Å². The molecule has 1 heterocycles. The molecule has 0 aromatic carbocycles. The van der Waals surface area contributed by atoms with Crippen LogP contribution in [-0.2, 0) is 9.53 Å². The molecule has 2 N–H and O–H groups in total. The van der Waals surface area contributed by atoms with Crippen molar-refractivity contribution in [3.63, 3.8) is 0 Å². The van der Waals surface area contributed by atoms with Crippen molar-refractivity contribution in [1.29, 1.82) is 0 Å². The molecule has 2 atom stereocenters. The Hall–Kier alpha value is -0.980. The SMILES string of the molecule is CCC(NC(C)C(=O)NCCCOC)c1nccs1. The Bertz CT molecular complexity index is 357. The maximum absolute atomic E-state index is 11.9. The van der Waals surface area contributed by atoms with Gasteiger partial charge in [-0.25, -0.2) is 4.98 Å². The fourth-order valence-electron chi connectivity index (χ4n) is 1.73. The van der Waals surface area contributed by atoms with E-state index in [0.717, 1.165) is 17.8 Å². The van der Waals surface area contributed by atoms with Gasteiger partial charge in [-0.15, -0.1) is 11.3 Å². The van der Waals surface area contributed by atoms with Gasteiger partial charge in [0.2, 0.25) is 5.91 Å². The van der Waals surface area contributed by atoms with Gasteiger partial charge in [-0.1, -0.05) is 6.92 Å². The third-order valence-electron chi connectivity index (χ3n) is 2.83. The maximum atomic E-state index is 11.9. The highest BCUT2D eigenvalue weighted by atomic mass is 32.1. The van der Waals surface area contributed by atoms with Crippen molar-refractivity contribution in [1.82, 2.24) is 15.6 Å². The van der Waals surface area contributed by atoms with Crippen molar-refractivity contribution in [2.45, 2.75) is 38.8 Å². The molecule has 0 spiro atoms. The highest BCUT2D eigenvalue weighted by molar-refractivity contribution is 7.09. The monoisotopic (exact) mass is 285 g/mol. The summed E-state index contributed by atoms with van der Waals surface area (Å²) in [5.41, 5.74) is 0. The van der Waals surface area contributed by atoms with E-state index in [1.807, 2.05) is 12.3 Å². The fourth-order valence-corrected chi connectivity index (χ4v) is 2.51. The van der Waals surface area contributed by atoms with Crippen molar-refractivity contribution in [3.05, 3.63) is 16.6 Å². The first kappa shape index (κ1) is 16.1. The average molecular weight is 285 g/mol. The van der Waals surface area contributed by atoms with Gasteiger partial charge in [0.05, 0.1) is 12.1 Å². The molecule has 0 aliphatic heterocycles. The molecule has 0 fully saturated rings. The summed E-state index contributed by atoms with van der Waals surface area (Å²) in [5, 5.41) is 9.19. The summed E-state index contributed by atoms with van der Waals surface area (Å²) in [6.45, 7) is 5.27. The molecule has 19 heavy (non-hydrogen) atoms. The van der Waals surface area contributed by atoms with E-state index < -0.39 is 0 Å². The Kier molecular flexibility index (Phi) is 7.62. The summed E-state index contributed by atoms with van der Waals surface area (Å²) < 4.78 is 4.94. The largest absolute Gasteiger partial charge is 0.385 e. The van der Waals surface area contributed by atoms with E-state index in [-0.39, 0.29) is 18.0 Å². The van der Waals surface area contributed by atoms with Crippen LogP contribution in [0.15, 0.2) is 11.6 Å². The zero-order valence-electron chi connectivity index (χ0n) is 11.8. The summed E-state index contributed by atoms with van der Waals surface area (Å²) >= 11 is 1.61. The second kappa shape index (κ2) is 9.01. The van der Waals surface area contributed by atoms with E-state index in [2.05, 4.69) is 22.5 Å². The van der Waals surface area contributed by atoms with E-state index in [4.69, 9.17) is 4.74 Å². The molecule has 0 bridgehead atoms. The van der Waals surface area contributed by atoms with Crippen molar-refractivity contribution >= 4 is 17.2 Å². The third kappa shape index (κ3) is 5.67. The lowest BCUT2D eigenvalue weighted by molar-refractivity contribution is -0.123. The number of carbonyl (C=O) groups excluding carboxylic acids is 1. The Balaban J connectivity index is 2.35. The molecule has 0 saturated carbocycles. The van der Waals surface area contributed by atoms with Crippen molar-refractivity contribution in [2.24, 2.45) is 0 Å². The second-order valence-electron chi connectivity index (χ2n) is 4.36. The predicted octanol–water partition coefficient (Wildman–Crippen LogP) is 1.72. The summed E-state index contributed by atoms with van der Waals surface area (Å²) in [5.74, 6) is 0.0195. The quantitative estimate of drug-likeness (QED) is 0.678. The molecule has 5 nitrogen and oxygen atoms in total. The zero-order valence-corrected chi connectivity index (χ0v) is 12.6. The molecule has 6 heteroatoms. The first-order valence-corrected chi connectivity index (χ1v) is 7.49. The molecule has 1 aromatic rings. The minimum atomic E-state index is -0.226. The number of hydrogen-bond donors (Lipinski definition) is 2. The maximum Gasteiger partial charge on any atom is 0.236 e. The minimum absolute atomic E-state index is 0.0195. The lowest BCUT2D eigenvalue weighted by atomic mass is 10.2. The first-order chi connectivity index (χ1) is 9.19. The van der Waals surface area contributed by atoms with E-state index in [1.54, 1.807) is 24.6 Å². The van der Waals surface area contributed by atoms with Gasteiger partial charge in [0.1, 0.15) is 5.01 Å². The molecule has 0 saturated heterocycles. The van der Waals surface area contributed by atoms with E-state index in [1.165, 1.54) is 0 Å². The van der Waals surface area contributed by atoms with Gasteiger partial charge in [0, 0.05) is 31.8 Å². The number of hydrogen-bond acceptors (Lipinski definition) is 5. The summed E-state index contributed by atoms with van der Waals surface area (Å²) in [6.07, 6.45) is 3.54. The molecule has 2 unspecified atom stereocenters. The number of thiazole rings is 1. The standard InChI is InChI=1S/C13H23N3O2S/c1-4-11(13-15-7-9-19-13)16-10(2)12(17)14-6-5-8-18-3/h7,9-11,16H,4-6,8H2,1-3H3,(H,14,17). The van der Waals surface area contributed by atoms with Gasteiger partial charge >= 0.3 is 0 Å². The van der Waals surface area contributed by atoms with E-state index in [9.17, 15) is 4.79 Å². The Morgan fingerprint density at radius 1 is 1.58 bits per heavy atom. The van der Waals surface area contributed by atoms with Crippen LogP contribution < -0.4 is 10.6 Å². The zero-order chi connectivity index (χ0) is 14.1. The van der Waals surface area contributed by atoms with Gasteiger partial charge in [0.15, 0.2) is 0 Å². The van der Waals surface area contributed by atoms with E-state index in [0.29, 0.717) is 13.2 Å². The fraction of sp³-hybridized carbons (Fsp3) is 0.692. The van der Waals surface area contributed by atoms with Crippen LogP contribution in [0.2, 0.25) is 0 Å². The van der Waals surface area contributed by atoms with Crippen molar-refractivity contribution < 1.29 is 9.53 Å². The first-order valence-electron chi connectivity index (χ1n) is 6.61. The number of nitrogens with one attached hydrogen (secondary N) is 2. The number of ether oxygens (including phenoxy) is 1. The van der Waals surface area contributed by atoms with Gasteiger partial charge in [-0.3, -0.25) is 10.1 Å². The summed E-state index contributed by atoms with van der Waals surface area (Å²) in [6, 6.07) is -0.0869. The van der Waals surface area contributed by atoms with Crippen LogP contribution >= 0.6 is 11.3 Å². The average Bonchev–Trinajstić information content (AvgIpc) is 2.94. The number of aromatic nitrogens is 1. The Labute approximate surface area is 118 Å². The molecule has 0 aliphatic rings. The van der Waals surface area contributed by atoms with Gasteiger partial charge in [-0.05, 0) is 19.8 Å². The van der Waals surface area contributed by atoms with Crippen LogP contribution in [0, 0.1) is 0 Å². The lowest BCUT2D eigenvalue weighted by Gasteiger charge is -2.20. The van der Waals surface area contributed by atoms with Crippen LogP contribution in [0.5, 0.6) is 0 Å². The normalized spacial score (nSPS) is 14.1. The van der Waals surface area contributed by atoms with Crippen LogP contribution in [0.4, 0.5) is 0 Å². The van der Waals surface area contributed by atoms with Crippen LogP contribution in [0.1, 0.15) is 37.7 Å². The van der Waals surface area contributed by atoms with Gasteiger partial charge < -0.3 is 10.1 Å². The number of methoxy groups -OCH3 is 1. The summed E-state index contributed by atoms with van der Waals surface area (Å²) in [4.78, 5) is 16.2.